The zero-order valence-electron chi connectivity index (χ0n) is 18.6. The number of benzene rings is 2. The molecule has 2 aliphatic rings. The van der Waals surface area contributed by atoms with Gasteiger partial charge in [0.25, 0.3) is 5.91 Å². The summed E-state index contributed by atoms with van der Waals surface area (Å²) in [5, 5.41) is 21.7. The van der Waals surface area contributed by atoms with E-state index in [1.165, 1.54) is 25.3 Å². The van der Waals surface area contributed by atoms with Crippen molar-refractivity contribution in [2.75, 3.05) is 7.11 Å². The van der Waals surface area contributed by atoms with Crippen LogP contribution in [0, 0.1) is 0 Å². The second-order valence-corrected chi connectivity index (χ2v) is 9.16. The van der Waals surface area contributed by atoms with Crippen LogP contribution in [-0.2, 0) is 4.79 Å². The number of hydrogen-bond acceptors (Lipinski definition) is 6. The molecule has 3 aromatic rings. The Morgan fingerprint density at radius 1 is 1.09 bits per heavy atom. The number of Topliss-reactive ketones (excluding diaryl/α,β-unsaturated/α-hetero) is 1. The highest BCUT2D eigenvalue weighted by atomic mass is 35.5. The number of carbonyl (C=O) groups excluding carboxylic acids is 2. The Hall–Kier alpha value is -3.45. The molecule has 0 radical (unpaired) electrons. The molecular weight excluding hydrogens is 458 g/mol. The van der Waals surface area contributed by atoms with E-state index in [2.05, 4.69) is 0 Å². The van der Waals surface area contributed by atoms with Crippen molar-refractivity contribution in [3.63, 3.8) is 0 Å². The molecular formula is C26H24ClNO6. The average molecular weight is 482 g/mol. The Labute approximate surface area is 201 Å². The van der Waals surface area contributed by atoms with Gasteiger partial charge >= 0.3 is 0 Å². The predicted octanol–water partition coefficient (Wildman–Crippen LogP) is 5.71. The van der Waals surface area contributed by atoms with Gasteiger partial charge in [-0.3, -0.25) is 9.59 Å². The molecule has 2 aromatic carbocycles. The molecule has 34 heavy (non-hydrogen) atoms. The number of phenols is 1. The molecule has 1 aliphatic carbocycles. The minimum atomic E-state index is -0.789. The molecule has 0 saturated heterocycles. The van der Waals surface area contributed by atoms with Gasteiger partial charge in [0.1, 0.15) is 5.75 Å². The van der Waals surface area contributed by atoms with E-state index in [0.717, 1.165) is 32.1 Å². The van der Waals surface area contributed by atoms with Gasteiger partial charge in [0, 0.05) is 22.5 Å². The number of aliphatic hydroxyl groups excluding tert-OH is 1. The van der Waals surface area contributed by atoms with E-state index in [1.54, 1.807) is 29.2 Å². The smallest absolute Gasteiger partial charge is 0.290 e. The van der Waals surface area contributed by atoms with Crippen molar-refractivity contribution in [2.45, 2.75) is 44.2 Å². The summed E-state index contributed by atoms with van der Waals surface area (Å²) >= 11 is 6.15. The molecule has 0 spiro atoms. The lowest BCUT2D eigenvalue weighted by atomic mass is 9.90. The van der Waals surface area contributed by atoms with Crippen LogP contribution in [0.5, 0.6) is 11.5 Å². The number of carbonyl (C=O) groups is 2. The molecule has 2 N–H and O–H groups in total. The fraction of sp³-hybridized carbons (Fsp3) is 0.308. The molecule has 1 aliphatic heterocycles. The Bertz CT molecular complexity index is 1300. The number of aliphatic hydroxyl groups is 1. The van der Waals surface area contributed by atoms with Crippen molar-refractivity contribution in [2.24, 2.45) is 0 Å². The normalized spacial score (nSPS) is 19.3. The zero-order valence-corrected chi connectivity index (χ0v) is 19.3. The van der Waals surface area contributed by atoms with Crippen LogP contribution in [-0.4, -0.2) is 40.0 Å². The molecule has 1 unspecified atom stereocenters. The first-order valence-electron chi connectivity index (χ1n) is 11.3. The van der Waals surface area contributed by atoms with Crippen LogP contribution >= 0.6 is 11.6 Å². The van der Waals surface area contributed by atoms with Gasteiger partial charge in [-0.15, -0.1) is 0 Å². The zero-order chi connectivity index (χ0) is 24.0. The van der Waals surface area contributed by atoms with Crippen LogP contribution in [0.15, 0.2) is 58.2 Å². The van der Waals surface area contributed by atoms with Crippen molar-refractivity contribution >= 4 is 34.3 Å². The van der Waals surface area contributed by atoms with Crippen LogP contribution in [0.1, 0.15) is 54.3 Å². The SMILES string of the molecule is COc1cc(Cl)cc2cc(C(=O)C3=C(O)C(=O)N(C4CCCCC4)C3c3ccc(O)cc3)oc12. The molecule has 1 atom stereocenters. The maximum absolute atomic E-state index is 13.7. The summed E-state index contributed by atoms with van der Waals surface area (Å²) in [7, 11) is 1.47. The van der Waals surface area contributed by atoms with Crippen molar-refractivity contribution in [3.8, 4) is 11.5 Å². The Kier molecular flexibility index (Phi) is 5.73. The van der Waals surface area contributed by atoms with Crippen LogP contribution in [0.4, 0.5) is 0 Å². The van der Waals surface area contributed by atoms with E-state index in [-0.39, 0.29) is 23.1 Å². The molecule has 0 bridgehead atoms. The molecule has 176 valence electrons. The molecule has 1 aromatic heterocycles. The standard InChI is InChI=1S/C26H24ClNO6/c1-33-20-13-16(27)11-15-12-19(34-25(15)20)23(30)21-22(14-7-9-18(29)10-8-14)28(26(32)24(21)31)17-5-3-2-4-6-17/h7-13,17,22,29,31H,2-6H2,1H3. The molecule has 5 rings (SSSR count). The van der Waals surface area contributed by atoms with Gasteiger partial charge in [-0.2, -0.15) is 0 Å². The number of hydrogen-bond donors (Lipinski definition) is 2. The number of rotatable bonds is 5. The number of phenolic OH excluding ortho intramolecular Hbond substituents is 1. The summed E-state index contributed by atoms with van der Waals surface area (Å²) in [5.74, 6) is -1.30. The molecule has 2 heterocycles. The first kappa shape index (κ1) is 22.3. The van der Waals surface area contributed by atoms with E-state index in [4.69, 9.17) is 20.8 Å². The number of furan rings is 1. The monoisotopic (exact) mass is 481 g/mol. The maximum atomic E-state index is 13.7. The van der Waals surface area contributed by atoms with E-state index in [1.807, 2.05) is 0 Å². The maximum Gasteiger partial charge on any atom is 0.290 e. The van der Waals surface area contributed by atoms with Gasteiger partial charge in [0.15, 0.2) is 22.9 Å². The van der Waals surface area contributed by atoms with Gasteiger partial charge in [0.05, 0.1) is 18.7 Å². The number of aromatic hydroxyl groups is 1. The average Bonchev–Trinajstić information content (AvgIpc) is 3.38. The highest BCUT2D eigenvalue weighted by Crippen LogP contribution is 2.44. The fourth-order valence-electron chi connectivity index (χ4n) is 5.06. The summed E-state index contributed by atoms with van der Waals surface area (Å²) in [5.41, 5.74) is 0.941. The summed E-state index contributed by atoms with van der Waals surface area (Å²) in [6, 6.07) is 10.2. The van der Waals surface area contributed by atoms with E-state index < -0.39 is 23.5 Å². The van der Waals surface area contributed by atoms with Crippen molar-refractivity contribution in [1.82, 2.24) is 4.90 Å². The Morgan fingerprint density at radius 2 is 1.79 bits per heavy atom. The Morgan fingerprint density at radius 3 is 2.47 bits per heavy atom. The van der Waals surface area contributed by atoms with Gasteiger partial charge < -0.3 is 24.3 Å². The highest BCUT2D eigenvalue weighted by Gasteiger charge is 2.47. The van der Waals surface area contributed by atoms with Gasteiger partial charge in [-0.1, -0.05) is 43.0 Å². The topological polar surface area (TPSA) is 100 Å². The summed E-state index contributed by atoms with van der Waals surface area (Å²) in [4.78, 5) is 28.6. The first-order chi connectivity index (χ1) is 16.4. The lowest BCUT2D eigenvalue weighted by molar-refractivity contribution is -0.132. The molecule has 1 amide bonds. The van der Waals surface area contributed by atoms with Crippen molar-refractivity contribution in [3.05, 3.63) is 70.1 Å². The number of nitrogens with zero attached hydrogens (tertiary/aromatic N) is 1. The second-order valence-electron chi connectivity index (χ2n) is 8.73. The number of amides is 1. The molecule has 1 saturated carbocycles. The lowest BCUT2D eigenvalue weighted by Gasteiger charge is -2.36. The molecule has 1 fully saturated rings. The van der Waals surface area contributed by atoms with Crippen molar-refractivity contribution in [1.29, 1.82) is 0 Å². The van der Waals surface area contributed by atoms with Crippen LogP contribution in [0.3, 0.4) is 0 Å². The number of fused-ring (bicyclic) bond motifs is 1. The summed E-state index contributed by atoms with van der Waals surface area (Å²) < 4.78 is 11.2. The minimum absolute atomic E-state index is 0.0285. The summed E-state index contributed by atoms with van der Waals surface area (Å²) in [6.07, 6.45) is 4.65. The van der Waals surface area contributed by atoms with E-state index in [9.17, 15) is 19.8 Å². The third-order valence-corrected chi connectivity index (χ3v) is 6.87. The van der Waals surface area contributed by atoms with E-state index >= 15 is 0 Å². The fourth-order valence-corrected chi connectivity index (χ4v) is 5.27. The van der Waals surface area contributed by atoms with Crippen LogP contribution in [0.25, 0.3) is 11.0 Å². The van der Waals surface area contributed by atoms with E-state index in [0.29, 0.717) is 27.3 Å². The van der Waals surface area contributed by atoms with Gasteiger partial charge in [0.2, 0.25) is 5.78 Å². The number of ether oxygens (including phenoxy) is 1. The van der Waals surface area contributed by atoms with Gasteiger partial charge in [-0.25, -0.2) is 0 Å². The quantitative estimate of drug-likeness (QED) is 0.452. The van der Waals surface area contributed by atoms with Crippen LogP contribution < -0.4 is 4.74 Å². The van der Waals surface area contributed by atoms with Crippen LogP contribution in [0.2, 0.25) is 5.02 Å². The summed E-state index contributed by atoms with van der Waals surface area (Å²) in [6.45, 7) is 0. The second kappa shape index (κ2) is 8.72. The lowest BCUT2D eigenvalue weighted by Crippen LogP contribution is -2.41. The van der Waals surface area contributed by atoms with Gasteiger partial charge in [-0.05, 0) is 42.7 Å². The van der Waals surface area contributed by atoms with Crippen molar-refractivity contribution < 1.29 is 29.0 Å². The molecule has 7 nitrogen and oxygen atoms in total. The third kappa shape index (κ3) is 3.70. The first-order valence-corrected chi connectivity index (χ1v) is 11.6. The minimum Gasteiger partial charge on any atom is -0.508 e. The molecule has 8 heteroatoms. The number of halogens is 1. The Balaban J connectivity index is 1.61. The third-order valence-electron chi connectivity index (χ3n) is 6.66. The number of methoxy groups -OCH3 is 1. The highest BCUT2D eigenvalue weighted by molar-refractivity contribution is 6.31. The predicted molar refractivity (Wildman–Crippen MR) is 126 cm³/mol. The largest absolute Gasteiger partial charge is 0.508 e. The number of ketones is 1.